The summed E-state index contributed by atoms with van der Waals surface area (Å²) in [6.45, 7) is 2.57. The number of hydrogen-bond donors (Lipinski definition) is 1. The highest BCUT2D eigenvalue weighted by Crippen LogP contribution is 2.33. The zero-order chi connectivity index (χ0) is 12.5. The molecular formula is C11H21FN2O2S. The van der Waals surface area contributed by atoms with Crippen LogP contribution in [0, 0.1) is 5.92 Å². The molecule has 1 unspecified atom stereocenters. The molecule has 1 saturated carbocycles. The summed E-state index contributed by atoms with van der Waals surface area (Å²) in [4.78, 5) is 0. The fourth-order valence-electron chi connectivity index (χ4n) is 2.14. The lowest BCUT2D eigenvalue weighted by atomic mass is 10.1. The van der Waals surface area contributed by atoms with Gasteiger partial charge in [0, 0.05) is 26.2 Å². The molecule has 1 aliphatic heterocycles. The summed E-state index contributed by atoms with van der Waals surface area (Å²) in [7, 11) is -3.28. The molecule has 4 nitrogen and oxygen atoms in total. The smallest absolute Gasteiger partial charge is 0.214 e. The van der Waals surface area contributed by atoms with Crippen LogP contribution < -0.4 is 5.32 Å². The number of rotatable bonds is 4. The second kappa shape index (κ2) is 4.82. The average molecular weight is 264 g/mol. The van der Waals surface area contributed by atoms with Crippen molar-refractivity contribution in [2.75, 3.05) is 31.9 Å². The second-order valence-corrected chi connectivity index (χ2v) is 7.56. The van der Waals surface area contributed by atoms with E-state index in [9.17, 15) is 12.8 Å². The first-order valence-corrected chi connectivity index (χ1v) is 7.87. The van der Waals surface area contributed by atoms with Crippen LogP contribution in [-0.2, 0) is 10.0 Å². The van der Waals surface area contributed by atoms with Crippen molar-refractivity contribution in [2.24, 2.45) is 5.92 Å². The number of hydrogen-bond acceptors (Lipinski definition) is 3. The van der Waals surface area contributed by atoms with E-state index in [0.717, 1.165) is 19.3 Å². The summed E-state index contributed by atoms with van der Waals surface area (Å²) in [6.07, 6.45) is 3.03. The zero-order valence-electron chi connectivity index (χ0n) is 10.3. The molecule has 0 spiro atoms. The van der Waals surface area contributed by atoms with E-state index in [2.05, 4.69) is 5.32 Å². The Morgan fingerprint density at radius 1 is 1.47 bits per heavy atom. The molecule has 0 radical (unpaired) electrons. The highest BCUT2D eigenvalue weighted by Gasteiger charge is 2.35. The molecule has 2 fully saturated rings. The first kappa shape index (κ1) is 13.2. The van der Waals surface area contributed by atoms with Gasteiger partial charge in [0.1, 0.15) is 5.67 Å². The first-order chi connectivity index (χ1) is 7.89. The van der Waals surface area contributed by atoms with Crippen LogP contribution in [0.5, 0.6) is 0 Å². The topological polar surface area (TPSA) is 49.4 Å². The normalized spacial score (nSPS) is 32.4. The van der Waals surface area contributed by atoms with Gasteiger partial charge in [0.05, 0.1) is 5.75 Å². The van der Waals surface area contributed by atoms with Crippen molar-refractivity contribution in [1.82, 2.24) is 9.62 Å². The van der Waals surface area contributed by atoms with Gasteiger partial charge >= 0.3 is 0 Å². The lowest BCUT2D eigenvalue weighted by Gasteiger charge is -2.25. The molecule has 1 N–H and O–H groups in total. The van der Waals surface area contributed by atoms with Gasteiger partial charge in [-0.25, -0.2) is 12.8 Å². The van der Waals surface area contributed by atoms with Gasteiger partial charge in [0.15, 0.2) is 0 Å². The van der Waals surface area contributed by atoms with Gasteiger partial charge in [-0.3, -0.25) is 0 Å². The summed E-state index contributed by atoms with van der Waals surface area (Å²) in [5.41, 5.74) is -1.47. The molecule has 1 saturated heterocycles. The van der Waals surface area contributed by atoms with Crippen LogP contribution in [0.15, 0.2) is 0 Å². The fourth-order valence-corrected chi connectivity index (χ4v) is 3.87. The molecule has 0 aromatic rings. The third kappa shape index (κ3) is 3.89. The minimum Gasteiger partial charge on any atom is -0.312 e. The van der Waals surface area contributed by atoms with Crippen molar-refractivity contribution in [1.29, 1.82) is 0 Å². The van der Waals surface area contributed by atoms with Crippen LogP contribution in [0.2, 0.25) is 0 Å². The summed E-state index contributed by atoms with van der Waals surface area (Å²) in [6, 6.07) is 0. The van der Waals surface area contributed by atoms with Crippen LogP contribution in [0.4, 0.5) is 4.39 Å². The highest BCUT2D eigenvalue weighted by molar-refractivity contribution is 7.89. The van der Waals surface area contributed by atoms with E-state index in [1.165, 1.54) is 11.2 Å². The Kier molecular flexibility index (Phi) is 3.75. The van der Waals surface area contributed by atoms with Crippen molar-refractivity contribution in [3.05, 3.63) is 0 Å². The molecule has 1 aliphatic carbocycles. The van der Waals surface area contributed by atoms with Crippen molar-refractivity contribution in [2.45, 2.75) is 31.9 Å². The van der Waals surface area contributed by atoms with Crippen molar-refractivity contribution in [3.63, 3.8) is 0 Å². The Hall–Kier alpha value is -0.200. The number of sulfonamides is 1. The van der Waals surface area contributed by atoms with E-state index in [1.807, 2.05) is 0 Å². The van der Waals surface area contributed by atoms with Crippen LogP contribution in [-0.4, -0.2) is 50.3 Å². The maximum absolute atomic E-state index is 14.0. The van der Waals surface area contributed by atoms with Crippen molar-refractivity contribution in [3.8, 4) is 0 Å². The molecule has 100 valence electrons. The molecule has 17 heavy (non-hydrogen) atoms. The Morgan fingerprint density at radius 3 is 2.82 bits per heavy atom. The van der Waals surface area contributed by atoms with Crippen LogP contribution in [0.3, 0.4) is 0 Å². The molecule has 1 atom stereocenters. The van der Waals surface area contributed by atoms with Gasteiger partial charge in [-0.1, -0.05) is 12.8 Å². The van der Waals surface area contributed by atoms with E-state index in [4.69, 9.17) is 0 Å². The zero-order valence-corrected chi connectivity index (χ0v) is 11.1. The van der Waals surface area contributed by atoms with Gasteiger partial charge in [-0.15, -0.1) is 0 Å². The molecule has 0 amide bonds. The third-order valence-corrected chi connectivity index (χ3v) is 5.26. The minimum absolute atomic E-state index is 0.0208. The molecule has 2 rings (SSSR count). The van der Waals surface area contributed by atoms with Crippen LogP contribution in [0.1, 0.15) is 26.2 Å². The summed E-state index contributed by atoms with van der Waals surface area (Å²) in [5, 5.41) is 2.94. The van der Waals surface area contributed by atoms with Crippen LogP contribution in [0.25, 0.3) is 0 Å². The summed E-state index contributed by atoms with van der Waals surface area (Å²) >= 11 is 0. The molecule has 0 aromatic carbocycles. The lowest BCUT2D eigenvalue weighted by molar-refractivity contribution is 0.166. The average Bonchev–Trinajstić information content (AvgIpc) is 3.02. The maximum atomic E-state index is 14.0. The Balaban J connectivity index is 1.97. The standard InChI is InChI=1S/C11H21FN2O2S/c1-11(12)8-13-5-6-14(9-11)17(15,16)7-4-10-2-3-10/h10,13H,2-9H2,1H3. The van der Waals surface area contributed by atoms with E-state index < -0.39 is 15.7 Å². The minimum atomic E-state index is -3.28. The fraction of sp³-hybridized carbons (Fsp3) is 1.00. The highest BCUT2D eigenvalue weighted by atomic mass is 32.2. The van der Waals surface area contributed by atoms with Gasteiger partial charge < -0.3 is 5.32 Å². The van der Waals surface area contributed by atoms with Gasteiger partial charge in [-0.05, 0) is 19.3 Å². The molecule has 1 heterocycles. The lowest BCUT2D eigenvalue weighted by Crippen LogP contribution is -2.43. The summed E-state index contributed by atoms with van der Waals surface area (Å²) < 4.78 is 39.4. The van der Waals surface area contributed by atoms with E-state index in [0.29, 0.717) is 19.0 Å². The molecule has 2 aliphatic rings. The predicted octanol–water partition coefficient (Wildman–Crippen LogP) is 0.750. The number of nitrogens with one attached hydrogen (secondary N) is 1. The third-order valence-electron chi connectivity index (χ3n) is 3.41. The monoisotopic (exact) mass is 264 g/mol. The molecular weight excluding hydrogens is 243 g/mol. The SMILES string of the molecule is CC1(F)CNCCN(S(=O)(=O)CCC2CC2)C1. The van der Waals surface area contributed by atoms with E-state index >= 15 is 0 Å². The Morgan fingerprint density at radius 2 is 2.18 bits per heavy atom. The number of halogens is 1. The van der Waals surface area contributed by atoms with Gasteiger partial charge in [0.2, 0.25) is 10.0 Å². The predicted molar refractivity (Wildman–Crippen MR) is 65.1 cm³/mol. The largest absolute Gasteiger partial charge is 0.312 e. The Labute approximate surface area is 103 Å². The van der Waals surface area contributed by atoms with E-state index in [1.54, 1.807) is 0 Å². The molecule has 6 heteroatoms. The van der Waals surface area contributed by atoms with Crippen molar-refractivity contribution >= 4 is 10.0 Å². The van der Waals surface area contributed by atoms with E-state index in [-0.39, 0.29) is 18.8 Å². The number of nitrogens with zero attached hydrogens (tertiary/aromatic N) is 1. The quantitative estimate of drug-likeness (QED) is 0.815. The molecule has 0 aromatic heterocycles. The van der Waals surface area contributed by atoms with Crippen molar-refractivity contribution < 1.29 is 12.8 Å². The molecule has 0 bridgehead atoms. The van der Waals surface area contributed by atoms with Crippen LogP contribution >= 0.6 is 0 Å². The first-order valence-electron chi connectivity index (χ1n) is 6.26. The summed E-state index contributed by atoms with van der Waals surface area (Å²) in [5.74, 6) is 0.764. The maximum Gasteiger partial charge on any atom is 0.214 e. The Bertz CT molecular complexity index is 366. The van der Waals surface area contributed by atoms with Gasteiger partial charge in [-0.2, -0.15) is 4.31 Å². The number of alkyl halides is 1. The van der Waals surface area contributed by atoms with Gasteiger partial charge in [0.25, 0.3) is 0 Å². The second-order valence-electron chi connectivity index (χ2n) is 5.47.